The summed E-state index contributed by atoms with van der Waals surface area (Å²) >= 11 is 5.15. The molecule has 6 nitrogen and oxygen atoms in total. The van der Waals surface area contributed by atoms with Gasteiger partial charge in [0.05, 0.1) is 4.90 Å². The lowest BCUT2D eigenvalue weighted by molar-refractivity contribution is 0.273. The number of nitrogens with zero attached hydrogens (tertiary/aromatic N) is 1. The zero-order chi connectivity index (χ0) is 19.3. The summed E-state index contributed by atoms with van der Waals surface area (Å²) in [6, 6.07) is 6.16. The largest absolute Gasteiger partial charge is 0.424 e. The van der Waals surface area contributed by atoms with Crippen LogP contribution < -0.4 is 4.52 Å². The highest BCUT2D eigenvalue weighted by atomic mass is 32.5. The third-order valence-corrected chi connectivity index (χ3v) is 7.56. The van der Waals surface area contributed by atoms with Crippen molar-refractivity contribution in [3.8, 4) is 5.75 Å². The molecule has 144 valence electrons. The van der Waals surface area contributed by atoms with Crippen molar-refractivity contribution in [2.24, 2.45) is 11.8 Å². The van der Waals surface area contributed by atoms with Gasteiger partial charge < -0.3 is 13.6 Å². The van der Waals surface area contributed by atoms with Gasteiger partial charge in [0.2, 0.25) is 10.0 Å². The zero-order valence-electron chi connectivity index (χ0n) is 15.6. The highest BCUT2D eigenvalue weighted by molar-refractivity contribution is 8.07. The average Bonchev–Trinajstić information content (AvgIpc) is 2.53. The Balaban J connectivity index is 3.07. The molecule has 0 unspecified atom stereocenters. The number of sulfonamides is 1. The molecule has 0 N–H and O–H groups in total. The molecule has 25 heavy (non-hydrogen) atoms. The van der Waals surface area contributed by atoms with Gasteiger partial charge >= 0.3 is 6.72 Å². The van der Waals surface area contributed by atoms with Gasteiger partial charge in [-0.2, -0.15) is 4.31 Å². The lowest BCUT2D eigenvalue weighted by Gasteiger charge is -2.25. The molecule has 0 aliphatic carbocycles. The van der Waals surface area contributed by atoms with Crippen LogP contribution in [0.5, 0.6) is 5.75 Å². The summed E-state index contributed by atoms with van der Waals surface area (Å²) in [5.74, 6) is 0.889. The highest BCUT2D eigenvalue weighted by Crippen LogP contribution is 2.48. The minimum atomic E-state index is -3.56. The van der Waals surface area contributed by atoms with Gasteiger partial charge in [0.25, 0.3) is 0 Å². The second kappa shape index (κ2) is 9.44. The molecular weight excluding hydrogens is 381 g/mol. The van der Waals surface area contributed by atoms with Crippen molar-refractivity contribution in [1.82, 2.24) is 4.31 Å². The van der Waals surface area contributed by atoms with Crippen LogP contribution in [0.15, 0.2) is 29.2 Å². The fraction of sp³-hybridized carbons (Fsp3) is 0.625. The SMILES string of the molecule is COP(=S)(OC)Oc1ccc(S(=O)(=O)N(CC(C)C)CC(C)C)cc1. The Hall–Kier alpha value is -0.500. The second-order valence-corrected chi connectivity index (χ2v) is 11.6. The van der Waals surface area contributed by atoms with Crippen molar-refractivity contribution in [3.63, 3.8) is 0 Å². The molecule has 0 radical (unpaired) electrons. The van der Waals surface area contributed by atoms with E-state index in [9.17, 15) is 8.42 Å². The monoisotopic (exact) mass is 409 g/mol. The van der Waals surface area contributed by atoms with E-state index >= 15 is 0 Å². The molecule has 9 heteroatoms. The zero-order valence-corrected chi connectivity index (χ0v) is 18.2. The Bertz CT molecular complexity index is 671. The van der Waals surface area contributed by atoms with Crippen molar-refractivity contribution in [1.29, 1.82) is 0 Å². The molecule has 0 atom stereocenters. The van der Waals surface area contributed by atoms with Crippen LogP contribution in [0.25, 0.3) is 0 Å². The smallest absolute Gasteiger partial charge is 0.380 e. The summed E-state index contributed by atoms with van der Waals surface area (Å²) in [5.41, 5.74) is 0. The first-order valence-electron chi connectivity index (χ1n) is 8.05. The third-order valence-electron chi connectivity index (χ3n) is 3.26. The van der Waals surface area contributed by atoms with Crippen molar-refractivity contribution < 1.29 is 22.0 Å². The maximum atomic E-state index is 12.9. The minimum Gasteiger partial charge on any atom is -0.424 e. The van der Waals surface area contributed by atoms with Crippen LogP contribution in [-0.2, 0) is 30.9 Å². The standard InChI is InChI=1S/C16H28NO5PS2/c1-13(2)11-17(12-14(3)4)25(18,19)16-9-7-15(8-10-16)22-23(24,20-5)21-6/h7-10,13-14H,11-12H2,1-6H3. The minimum absolute atomic E-state index is 0.226. The van der Waals surface area contributed by atoms with Crippen molar-refractivity contribution in [2.45, 2.75) is 32.6 Å². The van der Waals surface area contributed by atoms with E-state index in [2.05, 4.69) is 0 Å². The van der Waals surface area contributed by atoms with Crippen LogP contribution in [0, 0.1) is 11.8 Å². The van der Waals surface area contributed by atoms with E-state index in [0.717, 1.165) is 0 Å². The summed E-state index contributed by atoms with van der Waals surface area (Å²) < 4.78 is 43.1. The van der Waals surface area contributed by atoms with E-state index in [1.807, 2.05) is 27.7 Å². The predicted molar refractivity (Wildman–Crippen MR) is 104 cm³/mol. The van der Waals surface area contributed by atoms with Crippen LogP contribution in [0.3, 0.4) is 0 Å². The molecule has 0 aliphatic rings. The van der Waals surface area contributed by atoms with E-state index in [4.69, 9.17) is 25.4 Å². The van der Waals surface area contributed by atoms with E-state index in [-0.39, 0.29) is 16.7 Å². The molecule has 0 heterocycles. The first kappa shape index (κ1) is 22.5. The van der Waals surface area contributed by atoms with Crippen molar-refractivity contribution >= 4 is 28.5 Å². The summed E-state index contributed by atoms with van der Waals surface area (Å²) in [6.45, 7) is 6.12. The van der Waals surface area contributed by atoms with Gasteiger partial charge in [-0.15, -0.1) is 0 Å². The highest BCUT2D eigenvalue weighted by Gasteiger charge is 2.26. The third kappa shape index (κ3) is 6.62. The van der Waals surface area contributed by atoms with Gasteiger partial charge in [-0.1, -0.05) is 27.7 Å². The molecule has 0 bridgehead atoms. The number of hydrogen-bond donors (Lipinski definition) is 0. The van der Waals surface area contributed by atoms with Gasteiger partial charge in [0.1, 0.15) is 5.75 Å². The number of benzene rings is 1. The predicted octanol–water partition coefficient (Wildman–Crippen LogP) is 3.89. The Morgan fingerprint density at radius 2 is 1.44 bits per heavy atom. The lowest BCUT2D eigenvalue weighted by Crippen LogP contribution is -2.37. The van der Waals surface area contributed by atoms with Gasteiger partial charge in [-0.25, -0.2) is 8.42 Å². The van der Waals surface area contributed by atoms with E-state index in [0.29, 0.717) is 18.8 Å². The quantitative estimate of drug-likeness (QED) is 0.547. The Morgan fingerprint density at radius 3 is 1.80 bits per heavy atom. The Morgan fingerprint density at radius 1 is 1.00 bits per heavy atom. The van der Waals surface area contributed by atoms with E-state index in [1.165, 1.54) is 30.7 Å². The normalized spacial score (nSPS) is 13.0. The first-order chi connectivity index (χ1) is 11.5. The maximum absolute atomic E-state index is 12.9. The first-order valence-corrected chi connectivity index (χ1v) is 12.0. The van der Waals surface area contributed by atoms with Crippen LogP contribution in [0.2, 0.25) is 0 Å². The van der Waals surface area contributed by atoms with Crippen molar-refractivity contribution in [2.75, 3.05) is 27.3 Å². The second-order valence-electron chi connectivity index (χ2n) is 6.48. The van der Waals surface area contributed by atoms with Crippen molar-refractivity contribution in [3.05, 3.63) is 24.3 Å². The fourth-order valence-corrected chi connectivity index (χ4v) is 4.89. The van der Waals surface area contributed by atoms with Gasteiger partial charge in [-0.05, 0) is 36.1 Å². The number of hydrogen-bond acceptors (Lipinski definition) is 6. The van der Waals surface area contributed by atoms with Crippen LogP contribution >= 0.6 is 6.72 Å². The van der Waals surface area contributed by atoms with Gasteiger partial charge in [-0.3, -0.25) is 0 Å². The molecule has 1 aromatic carbocycles. The maximum Gasteiger partial charge on any atom is 0.380 e. The van der Waals surface area contributed by atoms with Crippen LogP contribution in [0.4, 0.5) is 0 Å². The van der Waals surface area contributed by atoms with Gasteiger partial charge in [0.15, 0.2) is 0 Å². The summed E-state index contributed by atoms with van der Waals surface area (Å²) in [5, 5.41) is 0. The molecular formula is C16H28NO5PS2. The number of rotatable bonds is 10. The van der Waals surface area contributed by atoms with E-state index < -0.39 is 16.7 Å². The molecule has 0 aliphatic heterocycles. The van der Waals surface area contributed by atoms with Crippen LogP contribution in [0.1, 0.15) is 27.7 Å². The summed E-state index contributed by atoms with van der Waals surface area (Å²) in [7, 11) is -0.733. The molecule has 0 spiro atoms. The average molecular weight is 410 g/mol. The molecule has 1 rings (SSSR count). The van der Waals surface area contributed by atoms with E-state index in [1.54, 1.807) is 12.1 Å². The topological polar surface area (TPSA) is 65.1 Å². The van der Waals surface area contributed by atoms with Gasteiger partial charge in [0, 0.05) is 39.1 Å². The molecule has 1 aromatic rings. The fourth-order valence-electron chi connectivity index (χ4n) is 2.19. The molecule has 0 aromatic heterocycles. The molecule has 0 amide bonds. The Labute approximate surface area is 156 Å². The summed E-state index contributed by atoms with van der Waals surface area (Å²) in [6.07, 6.45) is 0. The lowest BCUT2D eigenvalue weighted by atomic mass is 10.2. The molecule has 0 fully saturated rings. The molecule has 0 saturated heterocycles. The summed E-state index contributed by atoms with van der Waals surface area (Å²) in [4.78, 5) is 0.226. The molecule has 0 saturated carbocycles. The Kier molecular flexibility index (Phi) is 8.51. The van der Waals surface area contributed by atoms with Crippen LogP contribution in [-0.4, -0.2) is 40.0 Å².